The van der Waals surface area contributed by atoms with Crippen molar-refractivity contribution in [3.8, 4) is 0 Å². The highest BCUT2D eigenvalue weighted by Crippen LogP contribution is 2.30. The van der Waals surface area contributed by atoms with Gasteiger partial charge in [0.05, 0.1) is 0 Å². The molecular formula is C17H18ClN5O. The number of aromatic nitrogens is 4. The average Bonchev–Trinajstić information content (AvgIpc) is 2.95. The first kappa shape index (κ1) is 15.4. The van der Waals surface area contributed by atoms with E-state index in [1.807, 2.05) is 22.8 Å². The molecule has 2 aromatic heterocycles. The predicted octanol–water partition coefficient (Wildman–Crippen LogP) is 3.35. The van der Waals surface area contributed by atoms with E-state index in [9.17, 15) is 0 Å². The van der Waals surface area contributed by atoms with Crippen molar-refractivity contribution >= 4 is 28.6 Å². The molecule has 1 unspecified atom stereocenters. The molecule has 1 aromatic carbocycles. The molecule has 0 bridgehead atoms. The van der Waals surface area contributed by atoms with Crippen LogP contribution in [0.15, 0.2) is 30.3 Å². The van der Waals surface area contributed by atoms with E-state index in [0.717, 1.165) is 31.7 Å². The Hall–Kier alpha value is -2.18. The van der Waals surface area contributed by atoms with E-state index in [-0.39, 0.29) is 11.5 Å². The third kappa shape index (κ3) is 2.83. The topological polar surface area (TPSA) is 78.9 Å². The lowest BCUT2D eigenvalue weighted by molar-refractivity contribution is -0.0311. The Kier molecular flexibility index (Phi) is 4.08. The van der Waals surface area contributed by atoms with Crippen LogP contribution < -0.4 is 5.73 Å². The maximum Gasteiger partial charge on any atom is 0.226 e. The minimum absolute atomic E-state index is 0.0900. The Morgan fingerprint density at radius 2 is 2.00 bits per heavy atom. The van der Waals surface area contributed by atoms with Crippen LogP contribution in [0.2, 0.25) is 5.28 Å². The fraction of sp³-hybridized carbons (Fsp3) is 0.353. The van der Waals surface area contributed by atoms with Gasteiger partial charge in [0, 0.05) is 13.0 Å². The molecule has 3 aromatic rings. The average molecular weight is 344 g/mol. The highest BCUT2D eigenvalue weighted by Gasteiger charge is 2.24. The normalized spacial score (nSPS) is 18.1. The van der Waals surface area contributed by atoms with Gasteiger partial charge in [-0.05, 0) is 36.4 Å². The van der Waals surface area contributed by atoms with Crippen molar-refractivity contribution in [1.29, 1.82) is 0 Å². The maximum absolute atomic E-state index is 6.02. The van der Waals surface area contributed by atoms with Gasteiger partial charge in [-0.25, -0.2) is 4.98 Å². The number of nitrogens with zero attached hydrogens (tertiary/aromatic N) is 4. The molecule has 124 valence electrons. The van der Waals surface area contributed by atoms with E-state index < -0.39 is 0 Å². The third-order valence-corrected chi connectivity index (χ3v) is 4.43. The molecule has 0 saturated carbocycles. The molecule has 0 spiro atoms. The Morgan fingerprint density at radius 1 is 1.17 bits per heavy atom. The number of nitrogens with two attached hydrogens (primary N) is 1. The number of benzene rings is 1. The second-order valence-electron chi connectivity index (χ2n) is 5.93. The van der Waals surface area contributed by atoms with Crippen LogP contribution in [0.1, 0.15) is 36.9 Å². The number of imidazole rings is 1. The van der Waals surface area contributed by atoms with Gasteiger partial charge in [-0.15, -0.1) is 0 Å². The Bertz CT molecular complexity index is 858. The highest BCUT2D eigenvalue weighted by atomic mass is 35.5. The lowest BCUT2D eigenvalue weighted by Gasteiger charge is -2.25. The molecule has 1 fully saturated rings. The summed E-state index contributed by atoms with van der Waals surface area (Å²) < 4.78 is 8.00. The molecule has 1 saturated heterocycles. The summed E-state index contributed by atoms with van der Waals surface area (Å²) in [6, 6.07) is 10.2. The van der Waals surface area contributed by atoms with Gasteiger partial charge in [0.25, 0.3) is 0 Å². The first-order valence-electron chi connectivity index (χ1n) is 8.08. The van der Waals surface area contributed by atoms with Gasteiger partial charge < -0.3 is 10.5 Å². The van der Waals surface area contributed by atoms with Crippen LogP contribution in [0.3, 0.4) is 0 Å². The number of rotatable bonds is 3. The monoisotopic (exact) mass is 343 g/mol. The summed E-state index contributed by atoms with van der Waals surface area (Å²) in [4.78, 5) is 13.1. The minimum atomic E-state index is -0.0900. The Labute approximate surface area is 144 Å². The van der Waals surface area contributed by atoms with Gasteiger partial charge in [-0.2, -0.15) is 9.97 Å². The fourth-order valence-electron chi connectivity index (χ4n) is 3.15. The third-order valence-electron chi connectivity index (χ3n) is 4.26. The molecule has 0 aliphatic carbocycles. The summed E-state index contributed by atoms with van der Waals surface area (Å²) in [5.74, 6) is 1.17. The SMILES string of the molecule is Nc1nc(Cl)nc2c1nc(Cc1ccccc1)n2C1CCCCO1. The summed E-state index contributed by atoms with van der Waals surface area (Å²) >= 11 is 6.02. The zero-order chi connectivity index (χ0) is 16.5. The molecule has 2 N–H and O–H groups in total. The number of anilines is 1. The predicted molar refractivity (Wildman–Crippen MR) is 92.8 cm³/mol. The molecule has 7 heteroatoms. The maximum atomic E-state index is 6.02. The first-order valence-corrected chi connectivity index (χ1v) is 8.45. The second-order valence-corrected chi connectivity index (χ2v) is 6.27. The number of hydrogen-bond acceptors (Lipinski definition) is 5. The van der Waals surface area contributed by atoms with Crippen molar-refractivity contribution in [2.75, 3.05) is 12.3 Å². The molecule has 24 heavy (non-hydrogen) atoms. The van der Waals surface area contributed by atoms with E-state index in [1.54, 1.807) is 0 Å². The van der Waals surface area contributed by atoms with Crippen molar-refractivity contribution in [1.82, 2.24) is 19.5 Å². The number of halogens is 1. The van der Waals surface area contributed by atoms with E-state index in [1.165, 1.54) is 5.56 Å². The first-order chi connectivity index (χ1) is 11.7. The summed E-state index contributed by atoms with van der Waals surface area (Å²) in [7, 11) is 0. The fourth-order valence-corrected chi connectivity index (χ4v) is 3.32. The van der Waals surface area contributed by atoms with Crippen molar-refractivity contribution in [3.05, 3.63) is 47.0 Å². The Balaban J connectivity index is 1.86. The standard InChI is InChI=1S/C17H18ClN5O/c18-17-21-15(19)14-16(22-17)23(13-8-4-5-9-24-13)12(20-14)10-11-6-2-1-3-7-11/h1-3,6-7,13H,4-5,8-10H2,(H2,19,21,22). The smallest absolute Gasteiger partial charge is 0.226 e. The van der Waals surface area contributed by atoms with Crippen molar-refractivity contribution < 1.29 is 4.74 Å². The quantitative estimate of drug-likeness (QED) is 0.738. The number of fused-ring (bicyclic) bond motifs is 1. The summed E-state index contributed by atoms with van der Waals surface area (Å²) in [5, 5.41) is 0.128. The van der Waals surface area contributed by atoms with Crippen molar-refractivity contribution in [2.45, 2.75) is 31.9 Å². The summed E-state index contributed by atoms with van der Waals surface area (Å²) in [6.07, 6.45) is 3.70. The van der Waals surface area contributed by atoms with Crippen LogP contribution in [0.4, 0.5) is 5.82 Å². The molecule has 0 radical (unpaired) electrons. The molecule has 6 nitrogen and oxygen atoms in total. The van der Waals surface area contributed by atoms with Crippen LogP contribution in [0, 0.1) is 0 Å². The van der Waals surface area contributed by atoms with E-state index in [2.05, 4.69) is 22.1 Å². The van der Waals surface area contributed by atoms with Crippen molar-refractivity contribution in [2.24, 2.45) is 0 Å². The lowest BCUT2D eigenvalue weighted by Crippen LogP contribution is -2.20. The van der Waals surface area contributed by atoms with Crippen LogP contribution >= 0.6 is 11.6 Å². The summed E-state index contributed by atoms with van der Waals surface area (Å²) in [6.45, 7) is 0.739. The van der Waals surface area contributed by atoms with Gasteiger partial charge in [-0.1, -0.05) is 30.3 Å². The minimum Gasteiger partial charge on any atom is -0.382 e. The van der Waals surface area contributed by atoms with E-state index in [4.69, 9.17) is 27.1 Å². The van der Waals surface area contributed by atoms with Gasteiger partial charge in [0.15, 0.2) is 17.0 Å². The lowest BCUT2D eigenvalue weighted by atomic mass is 10.1. The van der Waals surface area contributed by atoms with Crippen LogP contribution in [0.5, 0.6) is 0 Å². The number of nitrogen functional groups attached to an aromatic ring is 1. The molecule has 3 heterocycles. The van der Waals surface area contributed by atoms with E-state index in [0.29, 0.717) is 23.4 Å². The molecule has 1 atom stereocenters. The highest BCUT2D eigenvalue weighted by molar-refractivity contribution is 6.28. The molecule has 4 rings (SSSR count). The zero-order valence-electron chi connectivity index (χ0n) is 13.2. The van der Waals surface area contributed by atoms with Gasteiger partial charge in [0.2, 0.25) is 5.28 Å². The van der Waals surface area contributed by atoms with Gasteiger partial charge in [-0.3, -0.25) is 4.57 Å². The van der Waals surface area contributed by atoms with E-state index >= 15 is 0 Å². The zero-order valence-corrected chi connectivity index (χ0v) is 13.9. The second kappa shape index (κ2) is 6.37. The molecule has 1 aliphatic heterocycles. The van der Waals surface area contributed by atoms with Crippen LogP contribution in [-0.2, 0) is 11.2 Å². The molecule has 0 amide bonds. The number of ether oxygens (including phenoxy) is 1. The largest absolute Gasteiger partial charge is 0.382 e. The number of hydrogen-bond donors (Lipinski definition) is 1. The van der Waals surface area contributed by atoms with Crippen molar-refractivity contribution in [3.63, 3.8) is 0 Å². The summed E-state index contributed by atoms with van der Waals surface area (Å²) in [5.41, 5.74) is 8.41. The Morgan fingerprint density at radius 3 is 2.75 bits per heavy atom. The molecular weight excluding hydrogens is 326 g/mol. The van der Waals surface area contributed by atoms with Gasteiger partial charge >= 0.3 is 0 Å². The van der Waals surface area contributed by atoms with Crippen LogP contribution in [-0.4, -0.2) is 26.1 Å². The molecule has 1 aliphatic rings. The van der Waals surface area contributed by atoms with Crippen LogP contribution in [0.25, 0.3) is 11.2 Å². The van der Waals surface area contributed by atoms with Gasteiger partial charge in [0.1, 0.15) is 12.1 Å².